The van der Waals surface area contributed by atoms with E-state index in [1.54, 1.807) is 31.6 Å². The van der Waals surface area contributed by atoms with E-state index < -0.39 is 5.63 Å². The number of methoxy groups -OCH3 is 1. The van der Waals surface area contributed by atoms with E-state index in [1.807, 2.05) is 0 Å². The molecule has 1 amide bonds. The molecule has 0 fully saturated rings. The Balaban J connectivity index is 1.78. The minimum Gasteiger partial charge on any atom is -0.495 e. The molecule has 26 heavy (non-hydrogen) atoms. The van der Waals surface area contributed by atoms with Gasteiger partial charge in [0.15, 0.2) is 0 Å². The zero-order chi connectivity index (χ0) is 18.7. The van der Waals surface area contributed by atoms with Gasteiger partial charge in [0, 0.05) is 36.3 Å². The van der Waals surface area contributed by atoms with Gasteiger partial charge in [0.2, 0.25) is 5.91 Å². The molecule has 2 heterocycles. The fourth-order valence-corrected chi connectivity index (χ4v) is 2.97. The summed E-state index contributed by atoms with van der Waals surface area (Å²) in [5.74, 6) is 0.171. The van der Waals surface area contributed by atoms with E-state index in [-0.39, 0.29) is 12.3 Å². The predicted molar refractivity (Wildman–Crippen MR) is 97.8 cm³/mol. The van der Waals surface area contributed by atoms with Crippen LogP contribution in [0.2, 0.25) is 5.02 Å². The first kappa shape index (κ1) is 18.0. The summed E-state index contributed by atoms with van der Waals surface area (Å²) in [4.78, 5) is 31.4. The summed E-state index contributed by atoms with van der Waals surface area (Å²) in [5, 5.41) is 3.87. The molecule has 0 aliphatic carbocycles. The summed E-state index contributed by atoms with van der Waals surface area (Å²) in [6.07, 6.45) is 3.86. The quantitative estimate of drug-likeness (QED) is 0.645. The number of fused-ring (bicyclic) bond motifs is 1. The Kier molecular flexibility index (Phi) is 5.27. The number of imidazole rings is 1. The number of ether oxygens (including phenoxy) is 1. The van der Waals surface area contributed by atoms with E-state index in [1.165, 1.54) is 7.11 Å². The third kappa shape index (κ3) is 3.72. The molecule has 0 saturated carbocycles. The van der Waals surface area contributed by atoms with E-state index in [2.05, 4.69) is 15.3 Å². The van der Waals surface area contributed by atoms with Crippen molar-refractivity contribution in [1.82, 2.24) is 15.3 Å². The summed E-state index contributed by atoms with van der Waals surface area (Å²) in [6.45, 7) is 2.22. The Bertz CT molecular complexity index is 996. The molecule has 0 saturated heterocycles. The zero-order valence-corrected chi connectivity index (χ0v) is 15.1. The molecular weight excluding hydrogens is 358 g/mol. The second-order valence-electron chi connectivity index (χ2n) is 5.83. The molecule has 3 rings (SSSR count). The molecule has 7 nitrogen and oxygen atoms in total. The SMILES string of the molecule is COc1cc2oc(=O)c(CC(=O)NCCc3cnc[nH]3)c(C)c2cc1Cl. The van der Waals surface area contributed by atoms with E-state index in [4.69, 9.17) is 20.8 Å². The Hall–Kier alpha value is -2.80. The van der Waals surface area contributed by atoms with Gasteiger partial charge in [-0.1, -0.05) is 11.6 Å². The predicted octanol–water partition coefficient (Wildman–Crippen LogP) is 2.39. The second kappa shape index (κ2) is 7.61. The van der Waals surface area contributed by atoms with Gasteiger partial charge in [-0.05, 0) is 18.6 Å². The number of carbonyl (C=O) groups is 1. The van der Waals surface area contributed by atoms with E-state index in [0.29, 0.717) is 45.8 Å². The van der Waals surface area contributed by atoms with E-state index in [0.717, 1.165) is 5.69 Å². The number of carbonyl (C=O) groups excluding carboxylic acids is 1. The van der Waals surface area contributed by atoms with E-state index in [9.17, 15) is 9.59 Å². The maximum absolute atomic E-state index is 12.3. The number of nitrogens with zero attached hydrogens (tertiary/aromatic N) is 1. The lowest BCUT2D eigenvalue weighted by atomic mass is 10.0. The smallest absolute Gasteiger partial charge is 0.340 e. The third-order valence-electron chi connectivity index (χ3n) is 4.17. The minimum absolute atomic E-state index is 0.0588. The van der Waals surface area contributed by atoms with Gasteiger partial charge in [-0.3, -0.25) is 4.79 Å². The zero-order valence-electron chi connectivity index (χ0n) is 14.4. The molecule has 0 atom stereocenters. The first-order valence-corrected chi connectivity index (χ1v) is 8.41. The Morgan fingerprint density at radius 3 is 2.92 bits per heavy atom. The second-order valence-corrected chi connectivity index (χ2v) is 6.24. The molecule has 0 aliphatic rings. The highest BCUT2D eigenvalue weighted by Crippen LogP contribution is 2.31. The molecule has 8 heteroatoms. The van der Waals surface area contributed by atoms with Gasteiger partial charge in [0.25, 0.3) is 0 Å². The highest BCUT2D eigenvalue weighted by Gasteiger charge is 2.16. The number of hydrogen-bond donors (Lipinski definition) is 2. The van der Waals surface area contributed by atoms with Gasteiger partial charge in [0.1, 0.15) is 11.3 Å². The van der Waals surface area contributed by atoms with Gasteiger partial charge < -0.3 is 19.5 Å². The number of H-pyrrole nitrogens is 1. The van der Waals surface area contributed by atoms with Crippen molar-refractivity contribution in [2.24, 2.45) is 0 Å². The van der Waals surface area contributed by atoms with Crippen LogP contribution in [0.15, 0.2) is 33.9 Å². The molecule has 0 bridgehead atoms. The van der Waals surface area contributed by atoms with Crippen LogP contribution in [0.5, 0.6) is 5.75 Å². The lowest BCUT2D eigenvalue weighted by Crippen LogP contribution is -2.29. The average molecular weight is 376 g/mol. The first-order chi connectivity index (χ1) is 12.5. The lowest BCUT2D eigenvalue weighted by Gasteiger charge is -2.10. The molecule has 3 aromatic rings. The molecule has 0 aliphatic heterocycles. The van der Waals surface area contributed by atoms with Crippen molar-refractivity contribution in [3.05, 3.63) is 56.9 Å². The van der Waals surface area contributed by atoms with Crippen LogP contribution in [-0.2, 0) is 17.6 Å². The number of rotatable bonds is 6. The van der Waals surface area contributed by atoms with Crippen molar-refractivity contribution in [3.63, 3.8) is 0 Å². The number of nitrogens with one attached hydrogen (secondary N) is 2. The number of hydrogen-bond acceptors (Lipinski definition) is 5. The van der Waals surface area contributed by atoms with Crippen LogP contribution in [0.1, 0.15) is 16.8 Å². The molecule has 0 spiro atoms. The Labute approximate surface area is 154 Å². The highest BCUT2D eigenvalue weighted by molar-refractivity contribution is 6.32. The first-order valence-electron chi connectivity index (χ1n) is 8.03. The number of aromatic amines is 1. The molecule has 0 radical (unpaired) electrons. The van der Waals surface area contributed by atoms with E-state index >= 15 is 0 Å². The van der Waals surface area contributed by atoms with Crippen molar-refractivity contribution < 1.29 is 13.9 Å². The fraction of sp³-hybridized carbons (Fsp3) is 0.278. The van der Waals surface area contributed by atoms with Crippen LogP contribution in [0, 0.1) is 6.92 Å². The maximum atomic E-state index is 12.3. The van der Waals surface area contributed by atoms with Gasteiger partial charge in [-0.15, -0.1) is 0 Å². The molecule has 0 unspecified atom stereocenters. The Morgan fingerprint density at radius 1 is 1.42 bits per heavy atom. The van der Waals surface area contributed by atoms with Gasteiger partial charge >= 0.3 is 5.63 Å². The monoisotopic (exact) mass is 375 g/mol. The molecule has 136 valence electrons. The standard InChI is InChI=1S/C18H18ClN3O4/c1-10-12-5-14(19)16(25-2)7-15(12)26-18(24)13(10)6-17(23)21-4-3-11-8-20-9-22-11/h5,7-9H,3-4,6H2,1-2H3,(H,20,22)(H,21,23). The van der Waals surface area contributed by atoms with Crippen molar-refractivity contribution in [2.45, 2.75) is 19.8 Å². The number of amides is 1. The van der Waals surface area contributed by atoms with Crippen LogP contribution < -0.4 is 15.7 Å². The number of benzene rings is 1. The third-order valence-corrected chi connectivity index (χ3v) is 4.46. The van der Waals surface area contributed by atoms with Crippen LogP contribution in [-0.4, -0.2) is 29.5 Å². The van der Waals surface area contributed by atoms with Crippen molar-refractivity contribution >= 4 is 28.5 Å². The molecule has 2 N–H and O–H groups in total. The molecule has 1 aromatic carbocycles. The topological polar surface area (TPSA) is 97.2 Å². The van der Waals surface area contributed by atoms with Crippen LogP contribution in [0.4, 0.5) is 0 Å². The van der Waals surface area contributed by atoms with Gasteiger partial charge in [0.05, 0.1) is 30.4 Å². The lowest BCUT2D eigenvalue weighted by molar-refractivity contribution is -0.120. The summed E-state index contributed by atoms with van der Waals surface area (Å²) in [7, 11) is 1.49. The number of aryl methyl sites for hydroxylation is 1. The minimum atomic E-state index is -0.539. The van der Waals surface area contributed by atoms with Crippen LogP contribution >= 0.6 is 11.6 Å². The van der Waals surface area contributed by atoms with Crippen LogP contribution in [0.25, 0.3) is 11.0 Å². The van der Waals surface area contributed by atoms with Crippen molar-refractivity contribution in [2.75, 3.05) is 13.7 Å². The number of aromatic nitrogens is 2. The average Bonchev–Trinajstić information content (AvgIpc) is 3.12. The van der Waals surface area contributed by atoms with Crippen molar-refractivity contribution in [3.8, 4) is 5.75 Å². The van der Waals surface area contributed by atoms with Crippen LogP contribution in [0.3, 0.4) is 0 Å². The largest absolute Gasteiger partial charge is 0.495 e. The molecule has 2 aromatic heterocycles. The molecular formula is C18H18ClN3O4. The Morgan fingerprint density at radius 2 is 2.23 bits per heavy atom. The number of halogens is 1. The summed E-state index contributed by atoms with van der Waals surface area (Å²) >= 11 is 6.16. The normalized spacial score (nSPS) is 10.9. The summed E-state index contributed by atoms with van der Waals surface area (Å²) in [5.41, 5.74) is 1.75. The van der Waals surface area contributed by atoms with Gasteiger partial charge in [-0.2, -0.15) is 0 Å². The summed E-state index contributed by atoms with van der Waals surface area (Å²) in [6, 6.07) is 3.24. The summed E-state index contributed by atoms with van der Waals surface area (Å²) < 4.78 is 10.5. The fourth-order valence-electron chi connectivity index (χ4n) is 2.73. The van der Waals surface area contributed by atoms with Gasteiger partial charge in [-0.25, -0.2) is 9.78 Å². The maximum Gasteiger partial charge on any atom is 0.340 e. The van der Waals surface area contributed by atoms with Crippen molar-refractivity contribution in [1.29, 1.82) is 0 Å². The highest BCUT2D eigenvalue weighted by atomic mass is 35.5.